The van der Waals surface area contributed by atoms with Gasteiger partial charge in [0.25, 0.3) is 5.91 Å². The highest BCUT2D eigenvalue weighted by Crippen LogP contribution is 2.31. The molecule has 1 heterocycles. The molecular weight excluding hydrogens is 443 g/mol. The normalized spacial score (nSPS) is 15.5. The summed E-state index contributed by atoms with van der Waals surface area (Å²) in [5.74, 6) is -1.18. The number of hydrogen-bond donors (Lipinski definition) is 0. The van der Waals surface area contributed by atoms with E-state index < -0.39 is 17.8 Å². The van der Waals surface area contributed by atoms with Gasteiger partial charge in [0.15, 0.2) is 0 Å². The number of carbonyl (C=O) groups is 2. The molecule has 3 aromatic carbocycles. The molecule has 0 aliphatic carbocycles. The molecule has 3 aromatic rings. The summed E-state index contributed by atoms with van der Waals surface area (Å²) >= 11 is 6.22. The summed E-state index contributed by atoms with van der Waals surface area (Å²) in [7, 11) is 1.63. The number of ether oxygens (including phenoxy) is 1. The molecule has 4 rings (SSSR count). The van der Waals surface area contributed by atoms with Gasteiger partial charge in [-0.05, 0) is 42.3 Å². The molecule has 5 nitrogen and oxygen atoms in total. The quantitative estimate of drug-likeness (QED) is 0.472. The summed E-state index contributed by atoms with van der Waals surface area (Å²) in [5, 5.41) is 0.446. The second-order valence-electron chi connectivity index (χ2n) is 7.72. The van der Waals surface area contributed by atoms with Crippen LogP contribution in [0.4, 0.5) is 10.1 Å². The van der Waals surface area contributed by atoms with Gasteiger partial charge in [0.1, 0.15) is 18.5 Å². The summed E-state index contributed by atoms with van der Waals surface area (Å²) in [4.78, 5) is 31.6. The van der Waals surface area contributed by atoms with Gasteiger partial charge in [-0.3, -0.25) is 14.6 Å². The highest BCUT2D eigenvalue weighted by Gasteiger charge is 2.31. The zero-order valence-electron chi connectivity index (χ0n) is 18.0. The van der Waals surface area contributed by atoms with Crippen LogP contribution >= 0.6 is 11.6 Å². The zero-order chi connectivity index (χ0) is 23.4. The largest absolute Gasteiger partial charge is 0.461 e. The van der Waals surface area contributed by atoms with E-state index in [-0.39, 0.29) is 30.9 Å². The van der Waals surface area contributed by atoms with E-state index >= 15 is 0 Å². The number of fused-ring (bicyclic) bond motifs is 1. The van der Waals surface area contributed by atoms with E-state index in [1.807, 2.05) is 30.3 Å². The summed E-state index contributed by atoms with van der Waals surface area (Å²) in [5.41, 5.74) is 2.59. The molecule has 0 saturated carbocycles. The molecule has 0 fully saturated rings. The number of amides is 1. The van der Waals surface area contributed by atoms with Crippen LogP contribution in [0.25, 0.3) is 0 Å². The summed E-state index contributed by atoms with van der Waals surface area (Å²) in [6.07, 6.45) is 0.138. The third-order valence-electron chi connectivity index (χ3n) is 5.47. The second kappa shape index (κ2) is 9.96. The molecule has 1 amide bonds. The first-order valence-corrected chi connectivity index (χ1v) is 10.9. The lowest BCUT2D eigenvalue weighted by atomic mass is 9.99. The van der Waals surface area contributed by atoms with E-state index in [1.54, 1.807) is 43.4 Å². The number of halogens is 2. The van der Waals surface area contributed by atoms with E-state index in [0.717, 1.165) is 5.56 Å². The molecule has 0 radical (unpaired) electrons. The Balaban J connectivity index is 1.60. The number of likely N-dealkylation sites (N-methyl/N-ethyl adjacent to an activating group) is 1. The van der Waals surface area contributed by atoms with Crippen LogP contribution in [0.5, 0.6) is 0 Å². The minimum absolute atomic E-state index is 0.00222. The molecule has 1 aliphatic heterocycles. The standard InChI is InChI=1S/C26H22ClFN2O3/c1-30-23-13-11-18(27)15-20(23)25(19-9-5-6-10-21(19)28)29-22(26(30)32)12-14-24(31)33-16-17-7-3-2-4-8-17/h2-11,13,15,22H,12,14,16H2,1H3/t22-/m0/s1. The van der Waals surface area contributed by atoms with Crippen molar-refractivity contribution in [2.75, 3.05) is 11.9 Å². The third-order valence-corrected chi connectivity index (χ3v) is 5.70. The van der Waals surface area contributed by atoms with Crippen LogP contribution < -0.4 is 4.90 Å². The maximum Gasteiger partial charge on any atom is 0.306 e. The number of esters is 1. The molecule has 0 bridgehead atoms. The van der Waals surface area contributed by atoms with Crippen molar-refractivity contribution in [2.24, 2.45) is 4.99 Å². The van der Waals surface area contributed by atoms with Gasteiger partial charge in [0, 0.05) is 29.6 Å². The SMILES string of the molecule is CN1C(=O)[C@H](CCC(=O)OCc2ccccc2)N=C(c2ccccc2F)c2cc(Cl)ccc21. The second-order valence-corrected chi connectivity index (χ2v) is 8.15. The molecule has 0 unspecified atom stereocenters. The predicted molar refractivity (Wildman–Crippen MR) is 126 cm³/mol. The molecule has 33 heavy (non-hydrogen) atoms. The number of nitrogens with zero attached hydrogens (tertiary/aromatic N) is 2. The van der Waals surface area contributed by atoms with Crippen molar-refractivity contribution < 1.29 is 18.7 Å². The van der Waals surface area contributed by atoms with Gasteiger partial charge in [-0.2, -0.15) is 0 Å². The third kappa shape index (κ3) is 5.12. The lowest BCUT2D eigenvalue weighted by molar-refractivity contribution is -0.145. The molecule has 1 aliphatic rings. The van der Waals surface area contributed by atoms with E-state index in [1.165, 1.54) is 11.0 Å². The van der Waals surface area contributed by atoms with E-state index in [2.05, 4.69) is 4.99 Å². The molecule has 168 valence electrons. The number of hydrogen-bond acceptors (Lipinski definition) is 4. The Labute approximate surface area is 196 Å². The summed E-state index contributed by atoms with van der Waals surface area (Å²) in [6, 6.07) is 19.8. The Kier molecular flexibility index (Phi) is 6.84. The van der Waals surface area contributed by atoms with Gasteiger partial charge in [0.05, 0.1) is 11.4 Å². The van der Waals surface area contributed by atoms with Crippen LogP contribution in [-0.2, 0) is 20.9 Å². The van der Waals surface area contributed by atoms with Crippen LogP contribution in [0.1, 0.15) is 29.5 Å². The van der Waals surface area contributed by atoms with Crippen molar-refractivity contribution in [3.05, 3.63) is 100 Å². The molecule has 0 saturated heterocycles. The van der Waals surface area contributed by atoms with Crippen LogP contribution in [0.3, 0.4) is 0 Å². The fourth-order valence-corrected chi connectivity index (χ4v) is 3.91. The number of carbonyl (C=O) groups excluding carboxylic acids is 2. The number of benzodiazepines with no additional fused rings is 1. The molecule has 0 spiro atoms. The smallest absolute Gasteiger partial charge is 0.306 e. The lowest BCUT2D eigenvalue weighted by Crippen LogP contribution is -2.35. The van der Waals surface area contributed by atoms with Crippen LogP contribution in [0.15, 0.2) is 77.8 Å². The Morgan fingerprint density at radius 3 is 2.55 bits per heavy atom. The van der Waals surface area contributed by atoms with Gasteiger partial charge in [-0.25, -0.2) is 4.39 Å². The van der Waals surface area contributed by atoms with E-state index in [4.69, 9.17) is 16.3 Å². The van der Waals surface area contributed by atoms with Crippen molar-refractivity contribution in [2.45, 2.75) is 25.5 Å². The summed E-state index contributed by atoms with van der Waals surface area (Å²) < 4.78 is 20.0. The van der Waals surface area contributed by atoms with E-state index in [0.29, 0.717) is 22.0 Å². The monoisotopic (exact) mass is 464 g/mol. The Morgan fingerprint density at radius 2 is 1.79 bits per heavy atom. The highest BCUT2D eigenvalue weighted by atomic mass is 35.5. The molecule has 7 heteroatoms. The van der Waals surface area contributed by atoms with Crippen molar-refractivity contribution in [1.82, 2.24) is 0 Å². The molecule has 0 aromatic heterocycles. The van der Waals surface area contributed by atoms with Crippen molar-refractivity contribution in [1.29, 1.82) is 0 Å². The average molecular weight is 465 g/mol. The molecule has 1 atom stereocenters. The zero-order valence-corrected chi connectivity index (χ0v) is 18.8. The van der Waals surface area contributed by atoms with Crippen molar-refractivity contribution in [3.8, 4) is 0 Å². The van der Waals surface area contributed by atoms with Crippen LogP contribution in [0.2, 0.25) is 5.02 Å². The fraction of sp³-hybridized carbons (Fsp3) is 0.192. The molecule has 0 N–H and O–H groups in total. The van der Waals surface area contributed by atoms with Gasteiger partial charge >= 0.3 is 5.97 Å². The first kappa shape index (κ1) is 22.7. The number of rotatable bonds is 6. The van der Waals surface area contributed by atoms with E-state index in [9.17, 15) is 14.0 Å². The molecular formula is C26H22ClFN2O3. The van der Waals surface area contributed by atoms with Crippen LogP contribution in [0, 0.1) is 5.82 Å². The van der Waals surface area contributed by atoms with Crippen molar-refractivity contribution >= 4 is 34.9 Å². The lowest BCUT2D eigenvalue weighted by Gasteiger charge is -2.20. The minimum Gasteiger partial charge on any atom is -0.461 e. The highest BCUT2D eigenvalue weighted by molar-refractivity contribution is 6.32. The maximum atomic E-state index is 14.7. The number of aliphatic imine (C=N–C) groups is 1. The average Bonchev–Trinajstić information content (AvgIpc) is 2.92. The Hall–Kier alpha value is -3.51. The van der Waals surface area contributed by atoms with Gasteiger partial charge in [-0.15, -0.1) is 0 Å². The van der Waals surface area contributed by atoms with Crippen LogP contribution in [-0.4, -0.2) is 30.7 Å². The first-order valence-electron chi connectivity index (χ1n) is 10.5. The fourth-order valence-electron chi connectivity index (χ4n) is 3.73. The predicted octanol–water partition coefficient (Wildman–Crippen LogP) is 5.19. The Morgan fingerprint density at radius 1 is 1.06 bits per heavy atom. The summed E-state index contributed by atoms with van der Waals surface area (Å²) in [6.45, 7) is 0.159. The topological polar surface area (TPSA) is 59.0 Å². The first-order chi connectivity index (χ1) is 15.9. The van der Waals surface area contributed by atoms with Gasteiger partial charge in [-0.1, -0.05) is 54.1 Å². The van der Waals surface area contributed by atoms with Gasteiger partial charge < -0.3 is 9.64 Å². The Bertz CT molecular complexity index is 1210. The van der Waals surface area contributed by atoms with Crippen molar-refractivity contribution in [3.63, 3.8) is 0 Å². The number of anilines is 1. The number of benzene rings is 3. The van der Waals surface area contributed by atoms with Gasteiger partial charge in [0.2, 0.25) is 0 Å². The minimum atomic E-state index is -0.875. The maximum absolute atomic E-state index is 14.7.